The summed E-state index contributed by atoms with van der Waals surface area (Å²) in [5.74, 6) is 0. The van der Waals surface area contributed by atoms with Crippen LogP contribution >= 0.6 is 11.3 Å². The highest BCUT2D eigenvalue weighted by Crippen LogP contribution is 2.36. The van der Waals surface area contributed by atoms with E-state index in [1.54, 1.807) is 30.6 Å². The molecule has 0 aliphatic heterocycles. The molecule has 0 bridgehead atoms. The number of hydrogen-bond donors (Lipinski definition) is 1. The van der Waals surface area contributed by atoms with Gasteiger partial charge < -0.3 is 5.11 Å². The first-order valence-corrected chi connectivity index (χ1v) is 8.34. The summed E-state index contributed by atoms with van der Waals surface area (Å²) >= 11 is 1.20. The molecule has 8 heteroatoms. The third-order valence-corrected chi connectivity index (χ3v) is 4.80. The van der Waals surface area contributed by atoms with Crippen molar-refractivity contribution in [3.63, 3.8) is 0 Å². The number of nitriles is 1. The van der Waals surface area contributed by atoms with Crippen LogP contribution in [0.5, 0.6) is 0 Å². The highest BCUT2D eigenvalue weighted by molar-refractivity contribution is 7.15. The van der Waals surface area contributed by atoms with Gasteiger partial charge in [0.1, 0.15) is 5.01 Å². The molecule has 2 aromatic heterocycles. The second-order valence-corrected chi connectivity index (χ2v) is 6.62. The van der Waals surface area contributed by atoms with Crippen molar-refractivity contribution in [1.82, 2.24) is 9.97 Å². The van der Waals surface area contributed by atoms with Gasteiger partial charge in [0.05, 0.1) is 23.3 Å². The predicted molar refractivity (Wildman–Crippen MR) is 90.2 cm³/mol. The highest BCUT2D eigenvalue weighted by Gasteiger charge is 2.34. The molecule has 0 aliphatic rings. The van der Waals surface area contributed by atoms with Crippen molar-refractivity contribution in [2.24, 2.45) is 0 Å². The van der Waals surface area contributed by atoms with Crippen LogP contribution < -0.4 is 0 Å². The van der Waals surface area contributed by atoms with Crippen molar-refractivity contribution >= 4 is 11.3 Å². The van der Waals surface area contributed by atoms with E-state index in [1.165, 1.54) is 23.6 Å². The summed E-state index contributed by atoms with van der Waals surface area (Å²) < 4.78 is 39.3. The van der Waals surface area contributed by atoms with Crippen LogP contribution in [0.25, 0.3) is 10.6 Å². The summed E-state index contributed by atoms with van der Waals surface area (Å²) in [5, 5.41) is 19.5. The molecule has 1 aromatic carbocycles. The Kier molecular flexibility index (Phi) is 5.02. The second kappa shape index (κ2) is 7.23. The quantitative estimate of drug-likeness (QED) is 0.735. The monoisotopic (exact) mass is 375 g/mol. The number of benzene rings is 1. The second-order valence-electron chi connectivity index (χ2n) is 5.50. The lowest BCUT2D eigenvalue weighted by Crippen LogP contribution is -2.07. The summed E-state index contributed by atoms with van der Waals surface area (Å²) in [6.07, 6.45) is -0.380. The number of thiazole rings is 1. The fourth-order valence-electron chi connectivity index (χ4n) is 2.44. The third-order valence-electron chi connectivity index (χ3n) is 3.73. The molecule has 0 saturated heterocycles. The van der Waals surface area contributed by atoms with Crippen LogP contribution in [0.15, 0.2) is 48.9 Å². The van der Waals surface area contributed by atoms with Crippen molar-refractivity contribution in [2.75, 3.05) is 0 Å². The zero-order valence-corrected chi connectivity index (χ0v) is 14.1. The molecule has 132 valence electrons. The fraction of sp³-hybridized carbons (Fsp3) is 0.167. The van der Waals surface area contributed by atoms with Crippen LogP contribution in [-0.2, 0) is 12.6 Å². The summed E-state index contributed by atoms with van der Waals surface area (Å²) in [6, 6.07) is 8.46. The van der Waals surface area contributed by atoms with Gasteiger partial charge in [0.2, 0.25) is 0 Å². The summed E-state index contributed by atoms with van der Waals surface area (Å²) in [6.45, 7) is 0. The van der Waals surface area contributed by atoms with Gasteiger partial charge in [-0.25, -0.2) is 4.98 Å². The molecule has 3 aromatic rings. The number of alkyl halides is 3. The fourth-order valence-corrected chi connectivity index (χ4v) is 3.38. The average Bonchev–Trinajstić information content (AvgIpc) is 3.09. The zero-order chi connectivity index (χ0) is 18.7. The normalized spacial score (nSPS) is 12.6. The molecule has 3 rings (SSSR count). The summed E-state index contributed by atoms with van der Waals surface area (Å²) in [7, 11) is 0. The molecular weight excluding hydrogens is 363 g/mol. The van der Waals surface area contributed by atoms with Gasteiger partial charge in [0.15, 0.2) is 0 Å². The summed E-state index contributed by atoms with van der Waals surface area (Å²) in [4.78, 5) is 8.78. The number of hydrogen-bond acceptors (Lipinski definition) is 5. The van der Waals surface area contributed by atoms with Crippen molar-refractivity contribution in [2.45, 2.75) is 18.7 Å². The largest absolute Gasteiger partial charge is 0.417 e. The van der Waals surface area contributed by atoms with Crippen LogP contribution in [0.1, 0.15) is 27.7 Å². The first-order chi connectivity index (χ1) is 12.4. The first kappa shape index (κ1) is 18.0. The number of aromatic nitrogens is 2. The number of halogens is 3. The lowest BCUT2D eigenvalue weighted by atomic mass is 10.0. The Balaban J connectivity index is 1.85. The Labute approximate surface area is 151 Å². The maximum atomic E-state index is 13.1. The average molecular weight is 375 g/mol. The van der Waals surface area contributed by atoms with Crippen LogP contribution in [0, 0.1) is 11.3 Å². The molecule has 0 radical (unpaired) electrons. The van der Waals surface area contributed by atoms with Gasteiger partial charge in [-0.05, 0) is 29.8 Å². The Bertz CT molecular complexity index is 948. The van der Waals surface area contributed by atoms with E-state index in [-0.39, 0.29) is 5.56 Å². The Hall–Kier alpha value is -2.76. The van der Waals surface area contributed by atoms with Crippen molar-refractivity contribution in [3.8, 4) is 16.6 Å². The van der Waals surface area contributed by atoms with Gasteiger partial charge in [0.25, 0.3) is 0 Å². The minimum absolute atomic E-state index is 0.283. The molecule has 0 amide bonds. The van der Waals surface area contributed by atoms with Crippen LogP contribution in [0.3, 0.4) is 0 Å². The molecule has 0 fully saturated rings. The van der Waals surface area contributed by atoms with E-state index < -0.39 is 23.4 Å². The van der Waals surface area contributed by atoms with Crippen LogP contribution in [0.4, 0.5) is 13.2 Å². The van der Waals surface area contributed by atoms with Crippen molar-refractivity contribution in [1.29, 1.82) is 5.26 Å². The van der Waals surface area contributed by atoms with E-state index in [9.17, 15) is 18.3 Å². The molecule has 1 atom stereocenters. The summed E-state index contributed by atoms with van der Waals surface area (Å²) in [5.41, 5.74) is -0.420. The predicted octanol–water partition coefficient (Wildman–Crippen LogP) is 4.37. The van der Waals surface area contributed by atoms with Gasteiger partial charge in [-0.3, -0.25) is 4.98 Å². The van der Waals surface area contributed by atoms with Crippen LogP contribution in [0.2, 0.25) is 0 Å². The Morgan fingerprint density at radius 2 is 1.92 bits per heavy atom. The Morgan fingerprint density at radius 3 is 2.58 bits per heavy atom. The molecule has 0 saturated carbocycles. The lowest BCUT2D eigenvalue weighted by molar-refractivity contribution is -0.137. The molecule has 1 unspecified atom stereocenters. The Morgan fingerprint density at radius 1 is 1.19 bits per heavy atom. The number of pyridine rings is 1. The van der Waals surface area contributed by atoms with E-state index >= 15 is 0 Å². The van der Waals surface area contributed by atoms with Gasteiger partial charge >= 0.3 is 6.18 Å². The first-order valence-electron chi connectivity index (χ1n) is 7.53. The SMILES string of the molecule is N#Cc1ccc(-c2ncc(CC(O)c3ccncc3)s2)cc1C(F)(F)F. The van der Waals surface area contributed by atoms with Gasteiger partial charge in [-0.2, -0.15) is 18.4 Å². The maximum absolute atomic E-state index is 13.1. The lowest BCUT2D eigenvalue weighted by Gasteiger charge is -2.10. The minimum atomic E-state index is -4.61. The topological polar surface area (TPSA) is 69.8 Å². The molecular formula is C18H12F3N3OS. The molecule has 0 aliphatic carbocycles. The molecule has 2 heterocycles. The molecule has 0 spiro atoms. The molecule has 4 nitrogen and oxygen atoms in total. The standard InChI is InChI=1S/C18H12F3N3OS/c19-18(20,21)15-7-12(1-2-13(15)9-22)17-24-10-14(26-17)8-16(25)11-3-5-23-6-4-11/h1-7,10,16,25H,8H2. The molecule has 1 N–H and O–H groups in total. The van der Waals surface area contributed by atoms with Crippen molar-refractivity contribution < 1.29 is 18.3 Å². The van der Waals surface area contributed by atoms with E-state index in [2.05, 4.69) is 9.97 Å². The maximum Gasteiger partial charge on any atom is 0.417 e. The number of rotatable bonds is 4. The van der Waals surface area contributed by atoms with Gasteiger partial charge in [-0.1, -0.05) is 6.07 Å². The van der Waals surface area contributed by atoms with E-state index in [0.717, 1.165) is 17.0 Å². The van der Waals surface area contributed by atoms with E-state index in [1.807, 2.05) is 0 Å². The third kappa shape index (κ3) is 3.90. The highest BCUT2D eigenvalue weighted by atomic mass is 32.1. The smallest absolute Gasteiger partial charge is 0.388 e. The number of nitrogens with zero attached hydrogens (tertiary/aromatic N) is 3. The van der Waals surface area contributed by atoms with Gasteiger partial charge in [-0.15, -0.1) is 11.3 Å². The minimum Gasteiger partial charge on any atom is -0.388 e. The molecule has 26 heavy (non-hydrogen) atoms. The van der Waals surface area contributed by atoms with E-state index in [0.29, 0.717) is 17.0 Å². The van der Waals surface area contributed by atoms with Gasteiger partial charge in [0, 0.05) is 35.5 Å². The van der Waals surface area contributed by atoms with Crippen LogP contribution in [-0.4, -0.2) is 15.1 Å². The van der Waals surface area contributed by atoms with Crippen molar-refractivity contribution in [3.05, 3.63) is 70.5 Å². The number of aliphatic hydroxyl groups excluding tert-OH is 1. The van der Waals surface area contributed by atoms with E-state index in [4.69, 9.17) is 5.26 Å². The zero-order valence-electron chi connectivity index (χ0n) is 13.2. The number of aliphatic hydroxyl groups is 1.